The summed E-state index contributed by atoms with van der Waals surface area (Å²) >= 11 is 0. The van der Waals surface area contributed by atoms with Gasteiger partial charge < -0.3 is 14.9 Å². The van der Waals surface area contributed by atoms with E-state index in [4.69, 9.17) is 9.94 Å². The Bertz CT molecular complexity index is 1230. The number of carbonyl (C=O) groups excluding carboxylic acids is 3. The summed E-state index contributed by atoms with van der Waals surface area (Å²) in [7, 11) is 6.38. The van der Waals surface area contributed by atoms with Crippen molar-refractivity contribution in [1.82, 2.24) is 5.06 Å². The molecule has 35 heavy (non-hydrogen) atoms. The monoisotopic (exact) mass is 481 g/mol. The summed E-state index contributed by atoms with van der Waals surface area (Å²) < 4.78 is 0. The number of fused-ring (bicyclic) bond motifs is 2. The molecule has 4 rings (SSSR count). The van der Waals surface area contributed by atoms with Crippen LogP contribution in [0.1, 0.15) is 59.5 Å². The van der Waals surface area contributed by atoms with Crippen LogP contribution in [-0.4, -0.2) is 62.1 Å². The number of aromatic carboxylic acids is 1. The van der Waals surface area contributed by atoms with Gasteiger partial charge in [-0.15, -0.1) is 0 Å². The lowest BCUT2D eigenvalue weighted by Gasteiger charge is -2.16. The molecule has 1 N–H and O–H groups in total. The molecule has 0 radical (unpaired) electrons. The predicted octanol–water partition coefficient (Wildman–Crippen LogP) is 3.21. The zero-order valence-electron chi connectivity index (χ0n) is 21.3. The fourth-order valence-corrected chi connectivity index (χ4v) is 4.49. The van der Waals surface area contributed by atoms with E-state index in [1.165, 1.54) is 18.1 Å². The number of carboxylic acid groups (broad SMARTS) is 1. The first-order chi connectivity index (χ1) is 16.2. The second kappa shape index (κ2) is 8.81. The summed E-state index contributed by atoms with van der Waals surface area (Å²) in [5, 5.41) is 10.1. The quantitative estimate of drug-likeness (QED) is 0.675. The maximum Gasteiger partial charge on any atom is 0.335 e. The third-order valence-corrected chi connectivity index (χ3v) is 6.80. The number of hydrogen-bond donors (Lipinski definition) is 1. The Hall–Kier alpha value is -3.72. The van der Waals surface area contributed by atoms with Crippen LogP contribution in [0.2, 0.25) is 0 Å². The average Bonchev–Trinajstić information content (AvgIpc) is 3.12. The molecule has 2 aromatic rings. The van der Waals surface area contributed by atoms with Crippen LogP contribution in [0.15, 0.2) is 36.4 Å². The van der Waals surface area contributed by atoms with Crippen molar-refractivity contribution in [1.29, 1.82) is 0 Å². The van der Waals surface area contributed by atoms with E-state index in [-0.39, 0.29) is 23.3 Å². The molecule has 0 unspecified atom stereocenters. The lowest BCUT2D eigenvalue weighted by atomic mass is 9.86. The Morgan fingerprint density at radius 3 is 1.63 bits per heavy atom. The Morgan fingerprint density at radius 1 is 0.829 bits per heavy atom. The molecule has 2 aromatic carbocycles. The lowest BCUT2D eigenvalue weighted by Crippen LogP contribution is -2.33. The first-order valence-electron chi connectivity index (χ1n) is 11.1. The number of hydrogen-bond acceptors (Lipinski definition) is 5. The Labute approximate surface area is 204 Å². The molecule has 3 amide bonds. The van der Waals surface area contributed by atoms with Gasteiger partial charge >= 0.3 is 5.97 Å². The SMILES string of the molecule is CN1C(=O)C(C)(C)c2ccc(C(=O)O)cc21.CON(C)C(=O)c1ccc2c(c1)N(C)C(=O)C2(C)C. The van der Waals surface area contributed by atoms with Crippen LogP contribution in [-0.2, 0) is 25.3 Å². The number of amides is 3. The van der Waals surface area contributed by atoms with E-state index in [9.17, 15) is 19.2 Å². The molecule has 2 heterocycles. The van der Waals surface area contributed by atoms with Crippen molar-refractivity contribution < 1.29 is 29.1 Å². The van der Waals surface area contributed by atoms with Crippen molar-refractivity contribution in [2.45, 2.75) is 38.5 Å². The van der Waals surface area contributed by atoms with Gasteiger partial charge in [-0.3, -0.25) is 19.2 Å². The van der Waals surface area contributed by atoms with Crippen LogP contribution in [0.3, 0.4) is 0 Å². The number of anilines is 2. The van der Waals surface area contributed by atoms with Crippen molar-refractivity contribution in [3.8, 4) is 0 Å². The normalized spacial score (nSPS) is 16.9. The molecule has 0 atom stereocenters. The van der Waals surface area contributed by atoms with Crippen molar-refractivity contribution in [2.24, 2.45) is 0 Å². The summed E-state index contributed by atoms with van der Waals surface area (Å²) in [4.78, 5) is 55.0. The van der Waals surface area contributed by atoms with Crippen molar-refractivity contribution in [3.63, 3.8) is 0 Å². The standard InChI is InChI=1S/C14H18N2O3.C12H13NO3/c1-14(2)10-7-6-9(12(17)16(4)19-5)8-11(10)15(3)13(14)18;1-12(2)8-5-4-7(10(14)15)6-9(8)13(3)11(12)16/h6-8H,1-5H3;4-6H,1-3H3,(H,14,15). The Kier molecular flexibility index (Phi) is 6.52. The Morgan fingerprint density at radius 2 is 1.23 bits per heavy atom. The number of hydroxylamine groups is 2. The van der Waals surface area contributed by atoms with E-state index in [1.54, 1.807) is 50.3 Å². The lowest BCUT2D eigenvalue weighted by molar-refractivity contribution is -0.122. The van der Waals surface area contributed by atoms with E-state index in [0.29, 0.717) is 11.3 Å². The zero-order chi connectivity index (χ0) is 26.5. The molecule has 186 valence electrons. The van der Waals surface area contributed by atoms with Crippen LogP contribution in [0, 0.1) is 0 Å². The van der Waals surface area contributed by atoms with Gasteiger partial charge in [-0.25, -0.2) is 9.86 Å². The van der Waals surface area contributed by atoms with Crippen LogP contribution in [0.4, 0.5) is 11.4 Å². The van der Waals surface area contributed by atoms with Crippen molar-refractivity contribution in [3.05, 3.63) is 58.7 Å². The summed E-state index contributed by atoms with van der Waals surface area (Å²) in [6.07, 6.45) is 0. The fourth-order valence-electron chi connectivity index (χ4n) is 4.49. The molecule has 0 aliphatic carbocycles. The maximum atomic E-state index is 12.2. The minimum absolute atomic E-state index is 0.00922. The highest BCUT2D eigenvalue weighted by molar-refractivity contribution is 6.09. The van der Waals surface area contributed by atoms with E-state index in [0.717, 1.165) is 21.9 Å². The van der Waals surface area contributed by atoms with Gasteiger partial charge in [0.1, 0.15) is 0 Å². The number of carbonyl (C=O) groups is 4. The molecule has 0 bridgehead atoms. The summed E-state index contributed by atoms with van der Waals surface area (Å²) in [5.41, 5.74) is 2.89. The highest BCUT2D eigenvalue weighted by Gasteiger charge is 2.43. The zero-order valence-corrected chi connectivity index (χ0v) is 21.3. The second-order valence-electron chi connectivity index (χ2n) is 9.73. The van der Waals surface area contributed by atoms with Crippen molar-refractivity contribution in [2.75, 3.05) is 38.1 Å². The number of likely N-dealkylation sites (N-methyl/N-ethyl adjacent to an activating group) is 2. The summed E-state index contributed by atoms with van der Waals surface area (Å²) in [6, 6.07) is 10.1. The largest absolute Gasteiger partial charge is 0.478 e. The molecule has 0 spiro atoms. The summed E-state index contributed by atoms with van der Waals surface area (Å²) in [5.74, 6) is -1.19. The molecule has 2 aliphatic heterocycles. The highest BCUT2D eigenvalue weighted by atomic mass is 16.7. The van der Waals surface area contributed by atoms with E-state index < -0.39 is 16.8 Å². The molecule has 0 fully saturated rings. The van der Waals surface area contributed by atoms with E-state index in [1.807, 2.05) is 33.8 Å². The Balaban J connectivity index is 0.000000198. The molecule has 2 aliphatic rings. The first-order valence-corrected chi connectivity index (χ1v) is 11.1. The van der Waals surface area contributed by atoms with Gasteiger partial charge in [-0.1, -0.05) is 12.1 Å². The van der Waals surface area contributed by atoms with Gasteiger partial charge in [0.05, 0.1) is 23.5 Å². The molecule has 9 heteroatoms. The van der Waals surface area contributed by atoms with Gasteiger partial charge in [-0.05, 0) is 63.1 Å². The van der Waals surface area contributed by atoms with Gasteiger partial charge in [0.15, 0.2) is 0 Å². The smallest absolute Gasteiger partial charge is 0.335 e. The molecule has 9 nitrogen and oxygen atoms in total. The molecular weight excluding hydrogens is 450 g/mol. The van der Waals surface area contributed by atoms with Crippen LogP contribution < -0.4 is 9.80 Å². The van der Waals surface area contributed by atoms with Gasteiger partial charge in [-0.2, -0.15) is 0 Å². The predicted molar refractivity (Wildman–Crippen MR) is 132 cm³/mol. The first kappa shape index (κ1) is 25.9. The fraction of sp³-hybridized carbons (Fsp3) is 0.385. The molecule has 0 saturated heterocycles. The number of benzene rings is 2. The van der Waals surface area contributed by atoms with Gasteiger partial charge in [0, 0.05) is 38.1 Å². The van der Waals surface area contributed by atoms with Gasteiger partial charge in [0.25, 0.3) is 5.91 Å². The van der Waals surface area contributed by atoms with E-state index in [2.05, 4.69) is 0 Å². The molecule has 0 aromatic heterocycles. The third-order valence-electron chi connectivity index (χ3n) is 6.80. The van der Waals surface area contributed by atoms with Gasteiger partial charge in [0.2, 0.25) is 11.8 Å². The minimum atomic E-state index is -0.978. The topological polar surface area (TPSA) is 107 Å². The van der Waals surface area contributed by atoms with Crippen LogP contribution in [0.25, 0.3) is 0 Å². The summed E-state index contributed by atoms with van der Waals surface area (Å²) in [6.45, 7) is 7.47. The third kappa shape index (κ3) is 4.16. The van der Waals surface area contributed by atoms with E-state index >= 15 is 0 Å². The second-order valence-corrected chi connectivity index (χ2v) is 9.73. The number of carboxylic acids is 1. The van der Waals surface area contributed by atoms with Crippen molar-refractivity contribution >= 4 is 35.1 Å². The average molecular weight is 482 g/mol. The number of nitrogens with zero attached hydrogens (tertiary/aromatic N) is 3. The maximum absolute atomic E-state index is 12.2. The van der Waals surface area contributed by atoms with Crippen LogP contribution in [0.5, 0.6) is 0 Å². The number of rotatable bonds is 3. The molecular formula is C26H31N3O6. The minimum Gasteiger partial charge on any atom is -0.478 e. The molecule has 0 saturated carbocycles. The highest BCUT2D eigenvalue weighted by Crippen LogP contribution is 2.42. The van der Waals surface area contributed by atoms with Crippen LogP contribution >= 0.6 is 0 Å².